The van der Waals surface area contributed by atoms with E-state index in [9.17, 15) is 14.0 Å². The van der Waals surface area contributed by atoms with Gasteiger partial charge in [0.25, 0.3) is 5.91 Å². The monoisotopic (exact) mass is 519 g/mol. The number of carbonyl (C=O) groups is 2. The topological polar surface area (TPSA) is 115 Å². The first-order valence-electron chi connectivity index (χ1n) is 12.6. The normalized spacial score (nSPS) is 18.0. The van der Waals surface area contributed by atoms with Crippen molar-refractivity contribution in [1.29, 1.82) is 0 Å². The molecule has 0 aliphatic carbocycles. The van der Waals surface area contributed by atoms with Gasteiger partial charge < -0.3 is 29.7 Å². The van der Waals surface area contributed by atoms with E-state index in [2.05, 4.69) is 20.6 Å². The maximum Gasteiger partial charge on any atom is 0.259 e. The lowest BCUT2D eigenvalue weighted by molar-refractivity contribution is -0.122. The molecule has 0 bridgehead atoms. The first-order valence-corrected chi connectivity index (χ1v) is 12.6. The van der Waals surface area contributed by atoms with E-state index in [0.717, 1.165) is 30.5 Å². The summed E-state index contributed by atoms with van der Waals surface area (Å²) in [5.74, 6) is 0.729. The van der Waals surface area contributed by atoms with Crippen LogP contribution in [0.15, 0.2) is 42.6 Å². The zero-order valence-electron chi connectivity index (χ0n) is 20.5. The van der Waals surface area contributed by atoms with Gasteiger partial charge in [0, 0.05) is 25.4 Å². The molecule has 6 rings (SSSR count). The van der Waals surface area contributed by atoms with E-state index >= 15 is 0 Å². The molecular weight excluding hydrogens is 493 g/mol. The average molecular weight is 520 g/mol. The van der Waals surface area contributed by atoms with Gasteiger partial charge in [-0.05, 0) is 55.0 Å². The van der Waals surface area contributed by atoms with Gasteiger partial charge in [0.1, 0.15) is 24.0 Å². The molecule has 0 radical (unpaired) electrons. The molecule has 3 aliphatic heterocycles. The van der Waals surface area contributed by atoms with Crippen LogP contribution in [0.25, 0.3) is 0 Å². The number of ether oxygens (including phenoxy) is 3. The minimum atomic E-state index is -0.649. The molecule has 38 heavy (non-hydrogen) atoms. The Bertz CT molecular complexity index is 1380. The maximum absolute atomic E-state index is 13.4. The summed E-state index contributed by atoms with van der Waals surface area (Å²) in [6.45, 7) is 1.46. The third-order valence-corrected chi connectivity index (χ3v) is 6.83. The lowest BCUT2D eigenvalue weighted by Crippen LogP contribution is -2.45. The Morgan fingerprint density at radius 2 is 2.00 bits per heavy atom. The number of nitrogens with one attached hydrogen (secondary N) is 2. The van der Waals surface area contributed by atoms with Crippen molar-refractivity contribution in [2.24, 2.45) is 0 Å². The summed E-state index contributed by atoms with van der Waals surface area (Å²) in [6, 6.07) is 9.10. The number of hydrogen-bond acceptors (Lipinski definition) is 8. The highest BCUT2D eigenvalue weighted by molar-refractivity contribution is 5.99. The quantitative estimate of drug-likeness (QED) is 0.511. The number of fused-ring (bicyclic) bond motifs is 2. The van der Waals surface area contributed by atoms with Crippen molar-refractivity contribution in [1.82, 2.24) is 20.6 Å². The minimum Gasteiger partial charge on any atom is -0.472 e. The Morgan fingerprint density at radius 1 is 1.18 bits per heavy atom. The van der Waals surface area contributed by atoms with Gasteiger partial charge >= 0.3 is 0 Å². The molecule has 0 spiro atoms. The number of rotatable bonds is 6. The van der Waals surface area contributed by atoms with E-state index in [1.54, 1.807) is 12.1 Å². The van der Waals surface area contributed by atoms with Crippen LogP contribution in [0.3, 0.4) is 0 Å². The summed E-state index contributed by atoms with van der Waals surface area (Å²) in [7, 11) is 0. The van der Waals surface area contributed by atoms with Crippen molar-refractivity contribution in [2.75, 3.05) is 24.8 Å². The van der Waals surface area contributed by atoms with Crippen LogP contribution in [0.5, 0.6) is 17.4 Å². The zero-order valence-corrected chi connectivity index (χ0v) is 20.5. The third-order valence-electron chi connectivity index (χ3n) is 6.83. The average Bonchev–Trinajstić information content (AvgIpc) is 3.51. The minimum absolute atomic E-state index is 0.0657. The summed E-state index contributed by atoms with van der Waals surface area (Å²) in [5.41, 5.74) is 2.79. The van der Waals surface area contributed by atoms with Crippen molar-refractivity contribution < 1.29 is 28.2 Å². The van der Waals surface area contributed by atoms with Crippen LogP contribution in [0.2, 0.25) is 0 Å². The number of amides is 2. The van der Waals surface area contributed by atoms with Crippen molar-refractivity contribution in [2.45, 2.75) is 38.3 Å². The second kappa shape index (κ2) is 10.2. The van der Waals surface area contributed by atoms with Crippen LogP contribution < -0.4 is 29.7 Å². The van der Waals surface area contributed by atoms with Crippen molar-refractivity contribution >= 4 is 23.5 Å². The smallest absolute Gasteiger partial charge is 0.259 e. The van der Waals surface area contributed by atoms with Gasteiger partial charge in [-0.3, -0.25) is 9.59 Å². The summed E-state index contributed by atoms with van der Waals surface area (Å²) in [5, 5.41) is 5.62. The molecule has 1 atom stereocenters. The lowest BCUT2D eigenvalue weighted by Gasteiger charge is -2.20. The number of anilines is 2. The molecule has 1 saturated heterocycles. The number of aromatic nitrogens is 2. The molecule has 4 heterocycles. The molecule has 3 aliphatic rings. The molecule has 3 aromatic rings. The van der Waals surface area contributed by atoms with E-state index in [1.165, 1.54) is 18.3 Å². The molecule has 0 saturated carbocycles. The van der Waals surface area contributed by atoms with Crippen LogP contribution in [0.1, 0.15) is 40.7 Å². The first-order chi connectivity index (χ1) is 18.5. The second-order valence-corrected chi connectivity index (χ2v) is 9.35. The highest BCUT2D eigenvalue weighted by atomic mass is 19.1. The van der Waals surface area contributed by atoms with E-state index < -0.39 is 11.9 Å². The lowest BCUT2D eigenvalue weighted by atomic mass is 10.1. The Hall–Kier alpha value is -4.41. The number of carbonyl (C=O) groups excluding carboxylic acids is 2. The van der Waals surface area contributed by atoms with Crippen LogP contribution in [-0.2, 0) is 17.8 Å². The largest absolute Gasteiger partial charge is 0.472 e. The number of hydrogen-bond donors (Lipinski definition) is 2. The van der Waals surface area contributed by atoms with Gasteiger partial charge in [-0.15, -0.1) is 0 Å². The summed E-state index contributed by atoms with van der Waals surface area (Å²) >= 11 is 0. The fourth-order valence-electron chi connectivity index (χ4n) is 4.78. The molecule has 10 nitrogen and oxygen atoms in total. The van der Waals surface area contributed by atoms with Crippen molar-refractivity contribution in [3.8, 4) is 17.4 Å². The molecule has 11 heteroatoms. The molecule has 2 N–H and O–H groups in total. The molecular formula is C27H26FN5O5. The van der Waals surface area contributed by atoms with E-state index in [-0.39, 0.29) is 36.6 Å². The van der Waals surface area contributed by atoms with Gasteiger partial charge in [0.2, 0.25) is 24.5 Å². The molecule has 1 fully saturated rings. The predicted molar refractivity (Wildman–Crippen MR) is 134 cm³/mol. The number of halogens is 1. The fraction of sp³-hybridized carbons (Fsp3) is 0.333. The van der Waals surface area contributed by atoms with Crippen LogP contribution >= 0.6 is 0 Å². The standard InChI is InChI=1S/C27H26FN5O5/c28-18-6-4-16(5-7-18)14-36-26-19(24(34)31-20-3-1-2-9-29-25(20)35)13-30-27(32-26)33-10-8-17-11-22-23(12-21(17)33)38-15-37-22/h4-7,11-13,20H,1-3,8-10,14-15H2,(H,29,35)(H,31,34). The van der Waals surface area contributed by atoms with Crippen LogP contribution in [0, 0.1) is 5.82 Å². The fourth-order valence-corrected chi connectivity index (χ4v) is 4.78. The van der Waals surface area contributed by atoms with E-state index in [1.807, 2.05) is 17.0 Å². The molecule has 1 aromatic heterocycles. The molecule has 2 amide bonds. The number of nitrogens with zero attached hydrogens (tertiary/aromatic N) is 3. The summed E-state index contributed by atoms with van der Waals surface area (Å²) in [6.07, 6.45) is 4.40. The van der Waals surface area contributed by atoms with E-state index in [4.69, 9.17) is 14.2 Å². The predicted octanol–water partition coefficient (Wildman–Crippen LogP) is 3.02. The highest BCUT2D eigenvalue weighted by Crippen LogP contribution is 2.43. The number of benzene rings is 2. The Labute approximate surface area is 218 Å². The van der Waals surface area contributed by atoms with Crippen LogP contribution in [-0.4, -0.2) is 47.7 Å². The second-order valence-electron chi connectivity index (χ2n) is 9.35. The van der Waals surface area contributed by atoms with Gasteiger partial charge in [-0.2, -0.15) is 4.98 Å². The van der Waals surface area contributed by atoms with Gasteiger partial charge in [-0.1, -0.05) is 12.1 Å². The zero-order chi connectivity index (χ0) is 26.1. The van der Waals surface area contributed by atoms with Crippen molar-refractivity contribution in [3.05, 3.63) is 65.1 Å². The Kier molecular flexibility index (Phi) is 6.40. The Balaban J connectivity index is 1.29. The van der Waals surface area contributed by atoms with Crippen molar-refractivity contribution in [3.63, 3.8) is 0 Å². The van der Waals surface area contributed by atoms with Gasteiger partial charge in [0.05, 0.1) is 5.69 Å². The van der Waals surface area contributed by atoms with E-state index in [0.29, 0.717) is 42.5 Å². The SMILES string of the molecule is O=C(NC1CCCCNC1=O)c1cnc(N2CCc3cc4c(cc32)OCO4)nc1OCc1ccc(F)cc1. The third kappa shape index (κ3) is 4.79. The molecule has 2 aromatic carbocycles. The summed E-state index contributed by atoms with van der Waals surface area (Å²) < 4.78 is 30.4. The maximum atomic E-state index is 13.4. The summed E-state index contributed by atoms with van der Waals surface area (Å²) in [4.78, 5) is 36.7. The molecule has 196 valence electrons. The van der Waals surface area contributed by atoms with Gasteiger partial charge in [0.15, 0.2) is 11.5 Å². The highest BCUT2D eigenvalue weighted by Gasteiger charge is 2.30. The molecule has 1 unspecified atom stereocenters. The van der Waals surface area contributed by atoms with Gasteiger partial charge in [-0.25, -0.2) is 9.37 Å². The Morgan fingerprint density at radius 3 is 2.84 bits per heavy atom. The van der Waals surface area contributed by atoms with Crippen LogP contribution in [0.4, 0.5) is 16.0 Å². The first kappa shape index (κ1) is 24.0.